The van der Waals surface area contributed by atoms with Gasteiger partial charge >= 0.3 is 6.16 Å². The molecule has 35 heavy (non-hydrogen) atoms. The molecule has 0 radical (unpaired) electrons. The number of unbranched alkanes of at least 4 members (excludes halogenated alkanes) is 1. The fourth-order valence-corrected chi connectivity index (χ4v) is 4.62. The second-order valence-electron chi connectivity index (χ2n) is 8.60. The van der Waals surface area contributed by atoms with E-state index in [4.69, 9.17) is 9.47 Å². The quantitative estimate of drug-likeness (QED) is 0.188. The van der Waals surface area contributed by atoms with Crippen molar-refractivity contribution in [1.82, 2.24) is 4.57 Å². The molecule has 176 valence electrons. The van der Waals surface area contributed by atoms with Crippen LogP contribution < -0.4 is 9.47 Å². The van der Waals surface area contributed by atoms with Crippen molar-refractivity contribution < 1.29 is 19.4 Å². The molecule has 0 amide bonds. The molecule has 5 heteroatoms. The highest BCUT2D eigenvalue weighted by molar-refractivity contribution is 6.01. The fourth-order valence-electron chi connectivity index (χ4n) is 4.62. The molecule has 0 saturated carbocycles. The molecule has 5 nitrogen and oxygen atoms in total. The van der Waals surface area contributed by atoms with Gasteiger partial charge in [-0.25, -0.2) is 4.79 Å². The molecule has 4 aromatic carbocycles. The summed E-state index contributed by atoms with van der Waals surface area (Å²) < 4.78 is 13.3. The van der Waals surface area contributed by atoms with Gasteiger partial charge in [0, 0.05) is 11.9 Å². The van der Waals surface area contributed by atoms with Crippen molar-refractivity contribution in [1.29, 1.82) is 0 Å². The van der Waals surface area contributed by atoms with Crippen molar-refractivity contribution in [3.05, 3.63) is 96.6 Å². The summed E-state index contributed by atoms with van der Waals surface area (Å²) >= 11 is 0. The smallest absolute Gasteiger partial charge is 0.494 e. The Labute approximate surface area is 204 Å². The van der Waals surface area contributed by atoms with Crippen molar-refractivity contribution >= 4 is 27.8 Å². The van der Waals surface area contributed by atoms with E-state index in [0.717, 1.165) is 51.6 Å². The predicted octanol–water partition coefficient (Wildman–Crippen LogP) is 7.69. The van der Waals surface area contributed by atoms with Crippen LogP contribution in [-0.4, -0.2) is 22.4 Å². The standard InChI is InChI=1S/C30H27NO4/c1-21-10-2-5-13-25(21)28-26-14-6-7-15-27(26)31(29(28)35-30(32)33)18-8-9-19-34-24-17-16-22-11-3-4-12-23(22)20-24/h2-7,10-17,20H,8-9,18-19H2,1H3,(H,32,33). The highest BCUT2D eigenvalue weighted by Crippen LogP contribution is 2.41. The van der Waals surface area contributed by atoms with Crippen LogP contribution >= 0.6 is 0 Å². The van der Waals surface area contributed by atoms with Gasteiger partial charge in [0.25, 0.3) is 0 Å². The second kappa shape index (κ2) is 9.94. The minimum Gasteiger partial charge on any atom is -0.494 e. The average Bonchev–Trinajstić information content (AvgIpc) is 3.16. The van der Waals surface area contributed by atoms with Crippen LogP contribution in [0.1, 0.15) is 18.4 Å². The predicted molar refractivity (Wildman–Crippen MR) is 139 cm³/mol. The molecule has 5 rings (SSSR count). The Hall–Kier alpha value is -4.25. The number of para-hydroxylation sites is 1. The number of aromatic nitrogens is 1. The Morgan fingerprint density at radius 2 is 1.60 bits per heavy atom. The highest BCUT2D eigenvalue weighted by atomic mass is 16.7. The molecule has 0 saturated heterocycles. The summed E-state index contributed by atoms with van der Waals surface area (Å²) in [6.45, 7) is 3.23. The first kappa shape index (κ1) is 22.5. The van der Waals surface area contributed by atoms with Gasteiger partial charge in [0.05, 0.1) is 17.7 Å². The van der Waals surface area contributed by atoms with Crippen molar-refractivity contribution in [2.24, 2.45) is 0 Å². The number of carboxylic acid groups (broad SMARTS) is 1. The van der Waals surface area contributed by atoms with Crippen LogP contribution in [0.2, 0.25) is 0 Å². The maximum atomic E-state index is 11.6. The zero-order valence-corrected chi connectivity index (χ0v) is 19.6. The zero-order valence-electron chi connectivity index (χ0n) is 19.6. The van der Waals surface area contributed by atoms with E-state index in [1.54, 1.807) is 0 Å². The van der Waals surface area contributed by atoms with Crippen molar-refractivity contribution in [3.8, 4) is 22.8 Å². The third-order valence-corrected chi connectivity index (χ3v) is 6.29. The van der Waals surface area contributed by atoms with Gasteiger partial charge in [0.2, 0.25) is 5.88 Å². The summed E-state index contributed by atoms with van der Waals surface area (Å²) in [6.07, 6.45) is 0.324. The molecule has 0 aliphatic heterocycles. The first-order valence-corrected chi connectivity index (χ1v) is 11.8. The van der Waals surface area contributed by atoms with Gasteiger partial charge in [-0.3, -0.25) is 0 Å². The van der Waals surface area contributed by atoms with Crippen LogP contribution in [0, 0.1) is 6.92 Å². The minimum atomic E-state index is -1.32. The number of nitrogens with zero attached hydrogens (tertiary/aromatic N) is 1. The van der Waals surface area contributed by atoms with E-state index in [9.17, 15) is 9.90 Å². The summed E-state index contributed by atoms with van der Waals surface area (Å²) in [5, 5.41) is 12.8. The number of aryl methyl sites for hydroxylation is 2. The first-order valence-electron chi connectivity index (χ1n) is 11.8. The number of fused-ring (bicyclic) bond motifs is 2. The van der Waals surface area contributed by atoms with Crippen molar-refractivity contribution in [2.75, 3.05) is 6.61 Å². The maximum Gasteiger partial charge on any atom is 0.512 e. The van der Waals surface area contributed by atoms with Crippen molar-refractivity contribution in [3.63, 3.8) is 0 Å². The summed E-state index contributed by atoms with van der Waals surface area (Å²) in [5.41, 5.74) is 3.80. The van der Waals surface area contributed by atoms with Gasteiger partial charge in [-0.2, -0.15) is 0 Å². The molecule has 0 spiro atoms. The molecule has 1 heterocycles. The van der Waals surface area contributed by atoms with Gasteiger partial charge in [-0.05, 0) is 59.9 Å². The zero-order chi connectivity index (χ0) is 24.2. The van der Waals surface area contributed by atoms with Crippen LogP contribution in [0.25, 0.3) is 32.8 Å². The molecule has 0 bridgehead atoms. The molecule has 0 aliphatic carbocycles. The molecular formula is C30H27NO4. The number of carbonyl (C=O) groups is 1. The number of benzene rings is 4. The van der Waals surface area contributed by atoms with E-state index in [1.165, 1.54) is 5.39 Å². The lowest BCUT2D eigenvalue weighted by Gasteiger charge is -2.12. The summed E-state index contributed by atoms with van der Waals surface area (Å²) in [6, 6.07) is 30.3. The van der Waals surface area contributed by atoms with Crippen LogP contribution in [0.15, 0.2) is 91.0 Å². The maximum absolute atomic E-state index is 11.6. The second-order valence-corrected chi connectivity index (χ2v) is 8.60. The minimum absolute atomic E-state index is 0.364. The Bertz CT molecular complexity index is 1500. The molecule has 0 fully saturated rings. The van der Waals surface area contributed by atoms with E-state index in [2.05, 4.69) is 24.3 Å². The first-order chi connectivity index (χ1) is 17.1. The lowest BCUT2D eigenvalue weighted by atomic mass is 10.00. The third-order valence-electron chi connectivity index (χ3n) is 6.29. The highest BCUT2D eigenvalue weighted by Gasteiger charge is 2.22. The van der Waals surface area contributed by atoms with Gasteiger partial charge in [-0.15, -0.1) is 0 Å². The van der Waals surface area contributed by atoms with Gasteiger partial charge in [-0.1, -0.05) is 72.8 Å². The molecule has 1 N–H and O–H groups in total. The van der Waals surface area contributed by atoms with Gasteiger partial charge in [0.15, 0.2) is 0 Å². The molecule has 0 aliphatic rings. The largest absolute Gasteiger partial charge is 0.512 e. The van der Waals surface area contributed by atoms with E-state index in [0.29, 0.717) is 19.0 Å². The normalized spacial score (nSPS) is 11.1. The Morgan fingerprint density at radius 3 is 2.43 bits per heavy atom. The lowest BCUT2D eigenvalue weighted by molar-refractivity contribution is 0.141. The molecule has 5 aromatic rings. The number of ether oxygens (including phenoxy) is 2. The van der Waals surface area contributed by atoms with Crippen molar-refractivity contribution in [2.45, 2.75) is 26.3 Å². The molecule has 0 unspecified atom stereocenters. The number of rotatable bonds is 8. The van der Waals surface area contributed by atoms with Crippen LogP contribution in [0.4, 0.5) is 4.79 Å². The SMILES string of the molecule is Cc1ccccc1-c1c(OC(=O)O)n(CCCCOc2ccc3ccccc3c2)c2ccccc12. The summed E-state index contributed by atoms with van der Waals surface area (Å²) in [7, 11) is 0. The third kappa shape index (κ3) is 4.71. The molecular weight excluding hydrogens is 438 g/mol. The lowest BCUT2D eigenvalue weighted by Crippen LogP contribution is -2.10. The van der Waals surface area contributed by atoms with E-state index in [1.807, 2.05) is 78.2 Å². The Morgan fingerprint density at radius 1 is 0.857 bits per heavy atom. The van der Waals surface area contributed by atoms with E-state index in [-0.39, 0.29) is 0 Å². The van der Waals surface area contributed by atoms with Crippen LogP contribution in [0.3, 0.4) is 0 Å². The summed E-state index contributed by atoms with van der Waals surface area (Å²) in [5.74, 6) is 1.22. The van der Waals surface area contributed by atoms with E-state index >= 15 is 0 Å². The number of hydrogen-bond donors (Lipinski definition) is 1. The Balaban J connectivity index is 1.36. The van der Waals surface area contributed by atoms with Gasteiger partial charge in [0.1, 0.15) is 5.75 Å². The van der Waals surface area contributed by atoms with Crippen LogP contribution in [0.5, 0.6) is 11.6 Å². The summed E-state index contributed by atoms with van der Waals surface area (Å²) in [4.78, 5) is 11.6. The average molecular weight is 466 g/mol. The molecule has 0 atom stereocenters. The van der Waals surface area contributed by atoms with E-state index < -0.39 is 6.16 Å². The van der Waals surface area contributed by atoms with Crippen LogP contribution in [-0.2, 0) is 6.54 Å². The topological polar surface area (TPSA) is 60.7 Å². The number of hydrogen-bond acceptors (Lipinski definition) is 3. The van der Waals surface area contributed by atoms with Gasteiger partial charge < -0.3 is 19.1 Å². The monoisotopic (exact) mass is 465 g/mol. The Kier molecular flexibility index (Phi) is 6.40. The fraction of sp³-hybridized carbons (Fsp3) is 0.167. The molecule has 1 aromatic heterocycles.